The number of rotatable bonds is 10. The van der Waals surface area contributed by atoms with Crippen LogP contribution in [0.1, 0.15) is 35.7 Å². The minimum absolute atomic E-state index is 0.0190. The molecule has 3 aromatic rings. The van der Waals surface area contributed by atoms with Gasteiger partial charge in [0.2, 0.25) is 5.91 Å². The van der Waals surface area contributed by atoms with E-state index in [1.165, 1.54) is 0 Å². The maximum Gasteiger partial charge on any atom is 0.335 e. The number of carbonyl (C=O) groups is 2. The van der Waals surface area contributed by atoms with E-state index in [1.807, 2.05) is 66.7 Å². The Balaban J connectivity index is 1.22. The lowest BCUT2D eigenvalue weighted by atomic mass is 10.0. The molecule has 0 spiro atoms. The van der Waals surface area contributed by atoms with Crippen molar-refractivity contribution < 1.29 is 19.4 Å². The highest BCUT2D eigenvalue weighted by Crippen LogP contribution is 2.23. The molecule has 1 aliphatic rings. The number of aromatic carboxylic acids is 1. The van der Waals surface area contributed by atoms with Crippen molar-refractivity contribution in [3.8, 4) is 11.5 Å². The van der Waals surface area contributed by atoms with Gasteiger partial charge in [-0.3, -0.25) is 14.6 Å². The van der Waals surface area contributed by atoms with E-state index in [0.717, 1.165) is 61.8 Å². The summed E-state index contributed by atoms with van der Waals surface area (Å²) in [4.78, 5) is 28.4. The van der Waals surface area contributed by atoms with Gasteiger partial charge in [-0.15, -0.1) is 0 Å². The molecule has 36 heavy (non-hydrogen) atoms. The molecule has 1 saturated heterocycles. The molecule has 1 heterocycles. The average Bonchev–Trinajstić information content (AvgIpc) is 2.90. The van der Waals surface area contributed by atoms with E-state index in [-0.39, 0.29) is 5.91 Å². The quantitative estimate of drug-likeness (QED) is 0.414. The summed E-state index contributed by atoms with van der Waals surface area (Å²) in [5.41, 5.74) is 2.18. The van der Waals surface area contributed by atoms with Gasteiger partial charge in [0, 0.05) is 18.3 Å². The first-order valence-corrected chi connectivity index (χ1v) is 12.4. The molecular formula is C29H33N3O4. The molecule has 0 aromatic heterocycles. The van der Waals surface area contributed by atoms with Crippen molar-refractivity contribution in [3.63, 3.8) is 0 Å². The van der Waals surface area contributed by atoms with E-state index in [1.54, 1.807) is 12.1 Å². The number of carbonyl (C=O) groups excluding carboxylic acids is 1. The fourth-order valence-electron chi connectivity index (χ4n) is 4.57. The Labute approximate surface area is 212 Å². The van der Waals surface area contributed by atoms with E-state index in [0.29, 0.717) is 18.2 Å². The van der Waals surface area contributed by atoms with Gasteiger partial charge in [-0.25, -0.2) is 4.79 Å². The minimum atomic E-state index is -0.903. The molecule has 188 valence electrons. The number of ether oxygens (including phenoxy) is 1. The van der Waals surface area contributed by atoms with Crippen LogP contribution in [0.4, 0.5) is 5.69 Å². The molecule has 7 nitrogen and oxygen atoms in total. The summed E-state index contributed by atoms with van der Waals surface area (Å²) < 4.78 is 5.81. The van der Waals surface area contributed by atoms with Crippen molar-refractivity contribution in [2.45, 2.75) is 32.4 Å². The van der Waals surface area contributed by atoms with Crippen molar-refractivity contribution >= 4 is 17.6 Å². The van der Waals surface area contributed by atoms with Crippen LogP contribution >= 0.6 is 0 Å². The molecule has 7 heteroatoms. The number of carboxylic acid groups (broad SMARTS) is 1. The number of carboxylic acids is 1. The third-order valence-corrected chi connectivity index (χ3v) is 6.55. The van der Waals surface area contributed by atoms with Crippen molar-refractivity contribution in [2.24, 2.45) is 0 Å². The Hall–Kier alpha value is -3.68. The zero-order chi connectivity index (χ0) is 25.3. The SMILES string of the molecule is CCN(CC(=O)Nc1ccc(Oc2ccccc2)cc1)C1CCN(Cc2ccc(C(=O)O)cc2)CC1. The number of nitrogens with zero attached hydrogens (tertiary/aromatic N) is 2. The van der Waals surface area contributed by atoms with Crippen LogP contribution in [-0.4, -0.2) is 59.0 Å². The zero-order valence-corrected chi connectivity index (χ0v) is 20.6. The topological polar surface area (TPSA) is 82.1 Å². The van der Waals surface area contributed by atoms with Crippen LogP contribution in [0.15, 0.2) is 78.9 Å². The molecule has 3 aromatic carbocycles. The summed E-state index contributed by atoms with van der Waals surface area (Å²) in [6.07, 6.45) is 2.00. The Morgan fingerprint density at radius 1 is 0.944 bits per heavy atom. The van der Waals surface area contributed by atoms with Crippen LogP contribution in [0.5, 0.6) is 11.5 Å². The molecule has 1 aliphatic heterocycles. The highest BCUT2D eigenvalue weighted by atomic mass is 16.5. The van der Waals surface area contributed by atoms with Gasteiger partial charge < -0.3 is 15.2 Å². The van der Waals surface area contributed by atoms with Gasteiger partial charge in [-0.2, -0.15) is 0 Å². The number of para-hydroxylation sites is 1. The molecule has 2 N–H and O–H groups in total. The number of anilines is 1. The van der Waals surface area contributed by atoms with Crippen molar-refractivity contribution in [2.75, 3.05) is 31.5 Å². The third-order valence-electron chi connectivity index (χ3n) is 6.55. The van der Waals surface area contributed by atoms with Crippen LogP contribution in [0.3, 0.4) is 0 Å². The molecule has 4 rings (SSSR count). The molecule has 1 amide bonds. The first-order chi connectivity index (χ1) is 17.5. The number of piperidine rings is 1. The second kappa shape index (κ2) is 12.3. The summed E-state index contributed by atoms with van der Waals surface area (Å²) in [7, 11) is 0. The van der Waals surface area contributed by atoms with Gasteiger partial charge in [0.15, 0.2) is 0 Å². The van der Waals surface area contributed by atoms with Gasteiger partial charge in [0.05, 0.1) is 12.1 Å². The highest BCUT2D eigenvalue weighted by molar-refractivity contribution is 5.92. The van der Waals surface area contributed by atoms with Crippen LogP contribution in [0.2, 0.25) is 0 Å². The monoisotopic (exact) mass is 487 g/mol. The van der Waals surface area contributed by atoms with Gasteiger partial charge >= 0.3 is 5.97 Å². The average molecular weight is 488 g/mol. The lowest BCUT2D eigenvalue weighted by molar-refractivity contribution is -0.118. The Bertz CT molecular complexity index is 1130. The Morgan fingerprint density at radius 2 is 1.58 bits per heavy atom. The van der Waals surface area contributed by atoms with Crippen LogP contribution < -0.4 is 10.1 Å². The van der Waals surface area contributed by atoms with Gasteiger partial charge in [0.25, 0.3) is 0 Å². The number of likely N-dealkylation sites (tertiary alicyclic amines) is 1. The minimum Gasteiger partial charge on any atom is -0.478 e. The zero-order valence-electron chi connectivity index (χ0n) is 20.6. The molecule has 0 unspecified atom stereocenters. The van der Waals surface area contributed by atoms with E-state index in [9.17, 15) is 9.59 Å². The van der Waals surface area contributed by atoms with E-state index in [2.05, 4.69) is 22.0 Å². The van der Waals surface area contributed by atoms with Gasteiger partial charge in [-0.05, 0) is 86.6 Å². The third kappa shape index (κ3) is 7.16. The molecule has 0 bridgehead atoms. The first kappa shape index (κ1) is 25.4. The number of hydrogen-bond acceptors (Lipinski definition) is 5. The first-order valence-electron chi connectivity index (χ1n) is 12.4. The van der Waals surface area contributed by atoms with E-state index >= 15 is 0 Å². The summed E-state index contributed by atoms with van der Waals surface area (Å²) in [6, 6.07) is 24.5. The number of benzene rings is 3. The van der Waals surface area contributed by atoms with Gasteiger partial charge in [0.1, 0.15) is 11.5 Å². The fourth-order valence-corrected chi connectivity index (χ4v) is 4.57. The Kier molecular flexibility index (Phi) is 8.71. The predicted molar refractivity (Wildman–Crippen MR) is 141 cm³/mol. The maximum atomic E-state index is 12.7. The second-order valence-corrected chi connectivity index (χ2v) is 9.06. The number of hydrogen-bond donors (Lipinski definition) is 2. The van der Waals surface area contributed by atoms with Crippen molar-refractivity contribution in [1.82, 2.24) is 9.80 Å². The highest BCUT2D eigenvalue weighted by Gasteiger charge is 2.25. The number of likely N-dealkylation sites (N-methyl/N-ethyl adjacent to an activating group) is 1. The number of nitrogens with one attached hydrogen (secondary N) is 1. The smallest absolute Gasteiger partial charge is 0.335 e. The lowest BCUT2D eigenvalue weighted by Gasteiger charge is -2.37. The summed E-state index contributed by atoms with van der Waals surface area (Å²) in [6.45, 7) is 5.99. The van der Waals surface area contributed by atoms with Crippen LogP contribution in [-0.2, 0) is 11.3 Å². The largest absolute Gasteiger partial charge is 0.478 e. The standard InChI is InChI=1S/C29H33N3O4/c1-2-32(25-16-18-31(19-17-25)20-22-8-10-23(11-9-22)29(34)35)21-28(33)30-24-12-14-27(15-13-24)36-26-6-4-3-5-7-26/h3-15,25H,2,16-21H2,1H3,(H,30,33)(H,34,35). The maximum absolute atomic E-state index is 12.7. The summed E-state index contributed by atoms with van der Waals surface area (Å²) >= 11 is 0. The molecule has 0 saturated carbocycles. The van der Waals surface area contributed by atoms with E-state index in [4.69, 9.17) is 9.84 Å². The van der Waals surface area contributed by atoms with Crippen molar-refractivity contribution in [1.29, 1.82) is 0 Å². The molecule has 1 fully saturated rings. The second-order valence-electron chi connectivity index (χ2n) is 9.06. The molecule has 0 aliphatic carbocycles. The number of amides is 1. The molecule has 0 atom stereocenters. The van der Waals surface area contributed by atoms with Crippen molar-refractivity contribution in [3.05, 3.63) is 90.0 Å². The normalized spacial score (nSPS) is 14.5. The predicted octanol–water partition coefficient (Wildman–Crippen LogP) is 5.10. The Morgan fingerprint density at radius 3 is 2.19 bits per heavy atom. The van der Waals surface area contributed by atoms with Crippen LogP contribution in [0, 0.1) is 0 Å². The molecule has 0 radical (unpaired) electrons. The van der Waals surface area contributed by atoms with Gasteiger partial charge in [-0.1, -0.05) is 37.3 Å². The summed E-state index contributed by atoms with van der Waals surface area (Å²) in [5.74, 6) is 0.573. The molecular weight excluding hydrogens is 454 g/mol. The lowest BCUT2D eigenvalue weighted by Crippen LogP contribution is -2.47. The summed E-state index contributed by atoms with van der Waals surface area (Å²) in [5, 5.41) is 12.1. The van der Waals surface area contributed by atoms with E-state index < -0.39 is 5.97 Å². The fraction of sp³-hybridized carbons (Fsp3) is 0.310. The van der Waals surface area contributed by atoms with Crippen LogP contribution in [0.25, 0.3) is 0 Å².